The molecule has 1 aromatic rings. The monoisotopic (exact) mass is 314 g/mol. The third-order valence-corrected chi connectivity index (χ3v) is 5.87. The van der Waals surface area contributed by atoms with Gasteiger partial charge in [0.15, 0.2) is 0 Å². The average Bonchev–Trinajstić information content (AvgIpc) is 3.03. The first-order valence-corrected chi connectivity index (χ1v) is 9.03. The third kappa shape index (κ3) is 3.84. The molecule has 1 heterocycles. The summed E-state index contributed by atoms with van der Waals surface area (Å²) in [6, 6.07) is 0. The summed E-state index contributed by atoms with van der Waals surface area (Å²) in [4.78, 5) is 0.347. The van der Waals surface area contributed by atoms with Crippen molar-refractivity contribution in [2.24, 2.45) is 11.8 Å². The van der Waals surface area contributed by atoms with Gasteiger partial charge in [-0.05, 0) is 52.1 Å². The van der Waals surface area contributed by atoms with Gasteiger partial charge >= 0.3 is 0 Å². The summed E-state index contributed by atoms with van der Waals surface area (Å²) in [7, 11) is -1.56. The quantitative estimate of drug-likeness (QED) is 0.703. The Bertz CT molecular complexity index is 594. The van der Waals surface area contributed by atoms with Gasteiger partial charge in [-0.25, -0.2) is 13.1 Å². The van der Waals surface area contributed by atoms with E-state index in [1.165, 1.54) is 0 Å². The van der Waals surface area contributed by atoms with Gasteiger partial charge in [0.2, 0.25) is 10.0 Å². The van der Waals surface area contributed by atoms with E-state index in [9.17, 15) is 8.42 Å². The second-order valence-corrected chi connectivity index (χ2v) is 7.71. The molecule has 6 nitrogen and oxygen atoms in total. The predicted octanol–water partition coefficient (Wildman–Crippen LogP) is 1.04. The van der Waals surface area contributed by atoms with E-state index in [0.29, 0.717) is 29.0 Å². The molecule has 2 N–H and O–H groups in total. The van der Waals surface area contributed by atoms with Crippen LogP contribution in [0.25, 0.3) is 0 Å². The summed E-state index contributed by atoms with van der Waals surface area (Å²) in [6.07, 6.45) is 2.04. The zero-order chi connectivity index (χ0) is 15.6. The van der Waals surface area contributed by atoms with E-state index in [1.807, 2.05) is 14.0 Å². The van der Waals surface area contributed by atoms with Crippen LogP contribution in [-0.2, 0) is 16.6 Å². The molecule has 21 heavy (non-hydrogen) atoms. The largest absolute Gasteiger partial charge is 0.320 e. The van der Waals surface area contributed by atoms with Crippen LogP contribution >= 0.6 is 0 Å². The maximum Gasteiger partial charge on any atom is 0.244 e. The van der Waals surface area contributed by atoms with Crippen LogP contribution in [0.2, 0.25) is 0 Å². The van der Waals surface area contributed by atoms with Crippen LogP contribution in [-0.4, -0.2) is 38.3 Å². The number of rotatable bonds is 8. The minimum absolute atomic E-state index is 0.347. The van der Waals surface area contributed by atoms with Crippen LogP contribution in [0.1, 0.15) is 31.2 Å². The molecule has 0 aliphatic heterocycles. The minimum atomic E-state index is -3.46. The summed E-state index contributed by atoms with van der Waals surface area (Å²) in [5.74, 6) is 1.13. The molecule has 0 spiro atoms. The van der Waals surface area contributed by atoms with Crippen LogP contribution in [0.15, 0.2) is 4.90 Å². The van der Waals surface area contributed by atoms with E-state index in [2.05, 4.69) is 22.1 Å². The van der Waals surface area contributed by atoms with Crippen molar-refractivity contribution in [2.45, 2.75) is 45.1 Å². The highest BCUT2D eigenvalue weighted by Gasteiger charge is 2.34. The molecule has 1 saturated carbocycles. The van der Waals surface area contributed by atoms with Gasteiger partial charge in [-0.3, -0.25) is 4.68 Å². The summed E-state index contributed by atoms with van der Waals surface area (Å²) in [5.41, 5.74) is 1.30. The number of hydrogen-bond donors (Lipinski definition) is 2. The summed E-state index contributed by atoms with van der Waals surface area (Å²) >= 11 is 0. The van der Waals surface area contributed by atoms with Gasteiger partial charge < -0.3 is 5.32 Å². The molecule has 1 aliphatic rings. The van der Waals surface area contributed by atoms with Crippen LogP contribution in [0.5, 0.6) is 0 Å². The van der Waals surface area contributed by atoms with E-state index in [0.717, 1.165) is 31.6 Å². The molecular weight excluding hydrogens is 288 g/mol. The average molecular weight is 314 g/mol. The van der Waals surface area contributed by atoms with Crippen molar-refractivity contribution in [3.8, 4) is 0 Å². The van der Waals surface area contributed by atoms with Crippen molar-refractivity contribution in [1.29, 1.82) is 0 Å². The van der Waals surface area contributed by atoms with Crippen LogP contribution in [0.4, 0.5) is 0 Å². The van der Waals surface area contributed by atoms with E-state index < -0.39 is 10.0 Å². The standard InChI is InChI=1S/C14H26N4O2S/c1-10-8-13(10)9-16-21(19,20)14-11(2)17-18(12(14)3)7-5-6-15-4/h10,13,15-16H,5-9H2,1-4H3. The molecular formula is C14H26N4O2S. The summed E-state index contributed by atoms with van der Waals surface area (Å²) < 4.78 is 29.5. The van der Waals surface area contributed by atoms with Gasteiger partial charge in [0.25, 0.3) is 0 Å². The third-order valence-electron chi connectivity index (χ3n) is 4.19. The molecule has 120 valence electrons. The number of sulfonamides is 1. The highest BCUT2D eigenvalue weighted by Crippen LogP contribution is 2.37. The van der Waals surface area contributed by atoms with Crippen molar-refractivity contribution in [2.75, 3.05) is 20.1 Å². The molecule has 0 amide bonds. The summed E-state index contributed by atoms with van der Waals surface area (Å²) in [6.45, 7) is 7.88. The van der Waals surface area contributed by atoms with Crippen molar-refractivity contribution < 1.29 is 8.42 Å². The highest BCUT2D eigenvalue weighted by atomic mass is 32.2. The molecule has 1 aromatic heterocycles. The van der Waals surface area contributed by atoms with Crippen LogP contribution in [0.3, 0.4) is 0 Å². The van der Waals surface area contributed by atoms with Crippen molar-refractivity contribution in [3.05, 3.63) is 11.4 Å². The maximum atomic E-state index is 12.5. The van der Waals surface area contributed by atoms with E-state index >= 15 is 0 Å². The molecule has 1 fully saturated rings. The van der Waals surface area contributed by atoms with Crippen LogP contribution < -0.4 is 10.0 Å². The lowest BCUT2D eigenvalue weighted by atomic mass is 10.3. The first-order chi connectivity index (χ1) is 9.86. The van der Waals surface area contributed by atoms with E-state index in [-0.39, 0.29) is 0 Å². The molecule has 2 rings (SSSR count). The minimum Gasteiger partial charge on any atom is -0.320 e. The highest BCUT2D eigenvalue weighted by molar-refractivity contribution is 7.89. The molecule has 0 saturated heterocycles. The van der Waals surface area contributed by atoms with Gasteiger partial charge in [0.1, 0.15) is 4.90 Å². The second kappa shape index (κ2) is 6.46. The summed E-state index contributed by atoms with van der Waals surface area (Å²) in [5, 5.41) is 7.46. The molecule has 2 atom stereocenters. The van der Waals surface area contributed by atoms with Crippen molar-refractivity contribution in [1.82, 2.24) is 19.8 Å². The molecule has 0 bridgehead atoms. The molecule has 2 unspecified atom stereocenters. The number of nitrogens with one attached hydrogen (secondary N) is 2. The Hall–Kier alpha value is -0.920. The SMILES string of the molecule is CNCCCn1nc(C)c(S(=O)(=O)NCC2CC2C)c1C. The fourth-order valence-electron chi connectivity index (χ4n) is 2.67. The van der Waals surface area contributed by atoms with Gasteiger partial charge in [0.05, 0.1) is 11.4 Å². The normalized spacial score (nSPS) is 21.7. The zero-order valence-electron chi connectivity index (χ0n) is 13.3. The van der Waals surface area contributed by atoms with Gasteiger partial charge in [0, 0.05) is 13.1 Å². The lowest BCUT2D eigenvalue weighted by Gasteiger charge is -2.08. The number of nitrogens with zero attached hydrogens (tertiary/aromatic N) is 2. The topological polar surface area (TPSA) is 76.0 Å². The molecule has 1 aliphatic carbocycles. The Kier molecular flexibility index (Phi) is 5.06. The first-order valence-electron chi connectivity index (χ1n) is 7.55. The number of aryl methyl sites for hydroxylation is 2. The number of aromatic nitrogens is 2. The van der Waals surface area contributed by atoms with Gasteiger partial charge in [-0.2, -0.15) is 5.10 Å². The number of hydrogen-bond acceptors (Lipinski definition) is 4. The Morgan fingerprint density at radius 1 is 1.38 bits per heavy atom. The zero-order valence-corrected chi connectivity index (χ0v) is 14.1. The van der Waals surface area contributed by atoms with Gasteiger partial charge in [-0.1, -0.05) is 6.92 Å². The Morgan fingerprint density at radius 2 is 2.05 bits per heavy atom. The maximum absolute atomic E-state index is 12.5. The lowest BCUT2D eigenvalue weighted by Crippen LogP contribution is -2.27. The first kappa shape index (κ1) is 16.5. The smallest absolute Gasteiger partial charge is 0.244 e. The van der Waals surface area contributed by atoms with Gasteiger partial charge in [-0.15, -0.1) is 0 Å². The fraction of sp³-hybridized carbons (Fsp3) is 0.786. The Labute approximate surface area is 127 Å². The fourth-order valence-corrected chi connectivity index (χ4v) is 4.17. The Balaban J connectivity index is 2.10. The van der Waals surface area contributed by atoms with Crippen molar-refractivity contribution >= 4 is 10.0 Å². The second-order valence-electron chi connectivity index (χ2n) is 6.01. The lowest BCUT2D eigenvalue weighted by molar-refractivity contribution is 0.545. The van der Waals surface area contributed by atoms with Crippen molar-refractivity contribution in [3.63, 3.8) is 0 Å². The van der Waals surface area contributed by atoms with E-state index in [4.69, 9.17) is 0 Å². The molecule has 0 radical (unpaired) electrons. The molecule has 7 heteroatoms. The van der Waals surface area contributed by atoms with E-state index in [1.54, 1.807) is 11.6 Å². The van der Waals surface area contributed by atoms with Crippen LogP contribution in [0, 0.1) is 25.7 Å². The molecule has 0 aromatic carbocycles. The Morgan fingerprint density at radius 3 is 2.62 bits per heavy atom. The predicted molar refractivity (Wildman–Crippen MR) is 82.7 cm³/mol.